The first-order valence-electron chi connectivity index (χ1n) is 10.8. The fourth-order valence-electron chi connectivity index (χ4n) is 4.35. The number of hydrogen-bond donors (Lipinski definition) is 1. The SMILES string of the molecule is C=C(O)C(Cc1ccc(C(F)(F)F)cc1)N(C)C(=O)OCC1c2ccccc2-c2ccccc21. The third kappa shape index (κ3) is 4.64. The highest BCUT2D eigenvalue weighted by Crippen LogP contribution is 2.44. The van der Waals surface area contributed by atoms with E-state index < -0.39 is 23.9 Å². The maximum atomic E-state index is 12.8. The van der Waals surface area contributed by atoms with Crippen molar-refractivity contribution in [3.05, 3.63) is 107 Å². The molecule has 0 aliphatic heterocycles. The van der Waals surface area contributed by atoms with Gasteiger partial charge in [-0.05, 0) is 39.9 Å². The first kappa shape index (κ1) is 23.4. The lowest BCUT2D eigenvalue weighted by atomic mass is 9.98. The molecule has 4 rings (SSSR count). The van der Waals surface area contributed by atoms with Crippen LogP contribution in [-0.2, 0) is 17.3 Å². The number of alkyl halides is 3. The number of amides is 1. The van der Waals surface area contributed by atoms with E-state index in [1.807, 2.05) is 48.5 Å². The van der Waals surface area contributed by atoms with E-state index >= 15 is 0 Å². The quantitative estimate of drug-likeness (QED) is 0.417. The van der Waals surface area contributed by atoms with E-state index in [4.69, 9.17) is 4.74 Å². The van der Waals surface area contributed by atoms with Crippen LogP contribution in [0.1, 0.15) is 28.2 Å². The maximum absolute atomic E-state index is 12.8. The highest BCUT2D eigenvalue weighted by molar-refractivity contribution is 5.79. The van der Waals surface area contributed by atoms with Crippen LogP contribution in [0, 0.1) is 0 Å². The van der Waals surface area contributed by atoms with Crippen molar-refractivity contribution in [2.45, 2.75) is 24.6 Å². The Hall–Kier alpha value is -3.74. The van der Waals surface area contributed by atoms with Crippen LogP contribution in [0.3, 0.4) is 0 Å². The molecule has 0 aromatic heterocycles. The highest BCUT2D eigenvalue weighted by Gasteiger charge is 2.32. The number of nitrogens with zero attached hydrogens (tertiary/aromatic N) is 1. The standard InChI is InChI=1S/C27H24F3NO3/c1-17(32)25(15-18-11-13-19(14-12-18)27(28,29)30)31(2)26(33)34-16-24-22-9-5-3-7-20(22)21-8-4-6-10-23(21)24/h3-14,24-25,32H,1,15-16H2,2H3. The predicted octanol–water partition coefficient (Wildman–Crippen LogP) is 6.57. The summed E-state index contributed by atoms with van der Waals surface area (Å²) in [5.41, 5.74) is 4.12. The molecule has 34 heavy (non-hydrogen) atoms. The zero-order chi connectivity index (χ0) is 24.5. The molecule has 3 aromatic carbocycles. The topological polar surface area (TPSA) is 49.8 Å². The van der Waals surface area contributed by atoms with Gasteiger partial charge in [0.05, 0.1) is 11.6 Å². The minimum atomic E-state index is -4.43. The Labute approximate surface area is 195 Å². The lowest BCUT2D eigenvalue weighted by Crippen LogP contribution is -2.40. The largest absolute Gasteiger partial charge is 0.511 e. The average molecular weight is 467 g/mol. The van der Waals surface area contributed by atoms with Crippen molar-refractivity contribution in [3.63, 3.8) is 0 Å². The van der Waals surface area contributed by atoms with Gasteiger partial charge in [-0.1, -0.05) is 67.2 Å². The van der Waals surface area contributed by atoms with Gasteiger partial charge in [-0.3, -0.25) is 0 Å². The van der Waals surface area contributed by atoms with Gasteiger partial charge in [-0.2, -0.15) is 13.2 Å². The number of ether oxygens (including phenoxy) is 1. The smallest absolute Gasteiger partial charge is 0.416 e. The van der Waals surface area contributed by atoms with Crippen molar-refractivity contribution in [1.29, 1.82) is 0 Å². The van der Waals surface area contributed by atoms with E-state index in [-0.39, 0.29) is 24.7 Å². The summed E-state index contributed by atoms with van der Waals surface area (Å²) in [6.07, 6.45) is -5.00. The van der Waals surface area contributed by atoms with Crippen LogP contribution in [0.25, 0.3) is 11.1 Å². The molecule has 0 saturated carbocycles. The van der Waals surface area contributed by atoms with E-state index in [2.05, 4.69) is 6.58 Å². The normalized spacial score (nSPS) is 13.6. The Kier molecular flexibility index (Phi) is 6.37. The van der Waals surface area contributed by atoms with Gasteiger partial charge >= 0.3 is 12.3 Å². The molecule has 0 fully saturated rings. The Bertz CT molecular complexity index is 1160. The fourth-order valence-corrected chi connectivity index (χ4v) is 4.35. The predicted molar refractivity (Wildman–Crippen MR) is 124 cm³/mol. The van der Waals surface area contributed by atoms with Gasteiger partial charge in [-0.15, -0.1) is 0 Å². The molecule has 0 radical (unpaired) electrons. The first-order valence-corrected chi connectivity index (χ1v) is 10.8. The zero-order valence-corrected chi connectivity index (χ0v) is 18.5. The molecule has 1 unspecified atom stereocenters. The van der Waals surface area contributed by atoms with Crippen molar-refractivity contribution in [3.8, 4) is 11.1 Å². The Morgan fingerprint density at radius 2 is 1.53 bits per heavy atom. The van der Waals surface area contributed by atoms with Crippen LogP contribution < -0.4 is 0 Å². The molecule has 1 aliphatic rings. The molecule has 0 heterocycles. The van der Waals surface area contributed by atoms with Gasteiger partial charge in [0, 0.05) is 19.4 Å². The van der Waals surface area contributed by atoms with Crippen LogP contribution in [0.4, 0.5) is 18.0 Å². The summed E-state index contributed by atoms with van der Waals surface area (Å²) >= 11 is 0. The van der Waals surface area contributed by atoms with Crippen LogP contribution in [0.2, 0.25) is 0 Å². The number of aliphatic hydroxyl groups is 1. The number of rotatable bonds is 6. The minimum absolute atomic E-state index is 0.0914. The second kappa shape index (κ2) is 9.25. The van der Waals surface area contributed by atoms with E-state index in [0.717, 1.165) is 34.4 Å². The number of hydrogen-bond acceptors (Lipinski definition) is 3. The zero-order valence-electron chi connectivity index (χ0n) is 18.5. The lowest BCUT2D eigenvalue weighted by molar-refractivity contribution is -0.137. The second-order valence-corrected chi connectivity index (χ2v) is 8.32. The highest BCUT2D eigenvalue weighted by atomic mass is 19.4. The molecule has 0 spiro atoms. The van der Waals surface area contributed by atoms with Crippen LogP contribution in [0.15, 0.2) is 85.1 Å². The Balaban J connectivity index is 1.45. The monoisotopic (exact) mass is 467 g/mol. The molecule has 3 aromatic rings. The van der Waals surface area contributed by atoms with Gasteiger partial charge in [0.25, 0.3) is 0 Å². The average Bonchev–Trinajstić information content (AvgIpc) is 3.14. The van der Waals surface area contributed by atoms with Crippen LogP contribution in [-0.4, -0.2) is 35.8 Å². The second-order valence-electron chi connectivity index (χ2n) is 8.32. The van der Waals surface area contributed by atoms with E-state index in [1.54, 1.807) is 0 Å². The summed E-state index contributed by atoms with van der Waals surface area (Å²) in [6, 6.07) is 19.7. The molecule has 7 heteroatoms. The molecule has 4 nitrogen and oxygen atoms in total. The number of carbonyl (C=O) groups excluding carboxylic acids is 1. The number of halogens is 3. The molecule has 0 bridgehead atoms. The number of fused-ring (bicyclic) bond motifs is 3. The molecular formula is C27H24F3NO3. The fraction of sp³-hybridized carbons (Fsp3) is 0.222. The van der Waals surface area contributed by atoms with Gasteiger partial charge in [-0.25, -0.2) is 4.79 Å². The number of benzene rings is 3. The van der Waals surface area contributed by atoms with Crippen molar-refractivity contribution in [2.24, 2.45) is 0 Å². The molecule has 1 atom stereocenters. The summed E-state index contributed by atoms with van der Waals surface area (Å²) < 4.78 is 44.1. The van der Waals surface area contributed by atoms with Crippen molar-refractivity contribution >= 4 is 6.09 Å². The van der Waals surface area contributed by atoms with Crippen LogP contribution in [0.5, 0.6) is 0 Å². The summed E-state index contributed by atoms with van der Waals surface area (Å²) in [4.78, 5) is 14.1. The molecule has 1 N–H and O–H groups in total. The minimum Gasteiger partial charge on any atom is -0.511 e. The Morgan fingerprint density at radius 1 is 1.00 bits per heavy atom. The van der Waals surface area contributed by atoms with E-state index in [9.17, 15) is 23.1 Å². The number of carbonyl (C=O) groups is 1. The maximum Gasteiger partial charge on any atom is 0.416 e. The molecular weight excluding hydrogens is 443 g/mol. The van der Waals surface area contributed by atoms with Gasteiger partial charge < -0.3 is 14.7 Å². The van der Waals surface area contributed by atoms with Gasteiger partial charge in [0.15, 0.2) is 0 Å². The Morgan fingerprint density at radius 3 is 2.03 bits per heavy atom. The lowest BCUT2D eigenvalue weighted by Gasteiger charge is -2.27. The summed E-state index contributed by atoms with van der Waals surface area (Å²) in [5.74, 6) is -0.397. The summed E-state index contributed by atoms with van der Waals surface area (Å²) in [6.45, 7) is 3.65. The third-order valence-electron chi connectivity index (χ3n) is 6.19. The van der Waals surface area contributed by atoms with Crippen molar-refractivity contribution in [2.75, 3.05) is 13.7 Å². The van der Waals surface area contributed by atoms with E-state index in [0.29, 0.717) is 5.56 Å². The molecule has 176 valence electrons. The van der Waals surface area contributed by atoms with Crippen molar-refractivity contribution < 1.29 is 27.8 Å². The molecule has 1 amide bonds. The first-order chi connectivity index (χ1) is 16.2. The van der Waals surface area contributed by atoms with Crippen LogP contribution >= 0.6 is 0 Å². The van der Waals surface area contributed by atoms with E-state index in [1.165, 1.54) is 24.1 Å². The van der Waals surface area contributed by atoms with Crippen molar-refractivity contribution in [1.82, 2.24) is 4.90 Å². The third-order valence-corrected chi connectivity index (χ3v) is 6.19. The molecule has 0 saturated heterocycles. The summed E-state index contributed by atoms with van der Waals surface area (Å²) in [7, 11) is 1.47. The van der Waals surface area contributed by atoms with Gasteiger partial charge in [0.2, 0.25) is 0 Å². The summed E-state index contributed by atoms with van der Waals surface area (Å²) in [5, 5.41) is 10.1. The number of likely N-dealkylation sites (N-methyl/N-ethyl adjacent to an activating group) is 1. The van der Waals surface area contributed by atoms with Gasteiger partial charge in [0.1, 0.15) is 12.4 Å². The number of aliphatic hydroxyl groups excluding tert-OH is 1. The molecule has 1 aliphatic carbocycles.